The second-order valence-corrected chi connectivity index (χ2v) is 4.41. The minimum absolute atomic E-state index is 0.199. The van der Waals surface area contributed by atoms with Crippen LogP contribution in [-0.2, 0) is 9.59 Å². The van der Waals surface area contributed by atoms with E-state index in [1.54, 1.807) is 18.2 Å². The Balaban J connectivity index is 1.59. The van der Waals surface area contributed by atoms with E-state index >= 15 is 0 Å². The molecule has 1 aromatic rings. The molecule has 2 N–H and O–H groups in total. The molecule has 2 aliphatic heterocycles. The smallest absolute Gasteiger partial charge is 0.287 e. The van der Waals surface area contributed by atoms with Crippen LogP contribution < -0.4 is 20.3 Å². The number of hydrazone groups is 2. The number of hydrogen-bond acceptors (Lipinski definition) is 6. The van der Waals surface area contributed by atoms with Gasteiger partial charge in [0.15, 0.2) is 11.5 Å². The van der Waals surface area contributed by atoms with Crippen LogP contribution in [0.15, 0.2) is 28.4 Å². The minimum Gasteiger partial charge on any atom is -0.454 e. The minimum atomic E-state index is -0.438. The van der Waals surface area contributed by atoms with Gasteiger partial charge in [-0.1, -0.05) is 0 Å². The number of benzene rings is 1. The van der Waals surface area contributed by atoms with Crippen LogP contribution in [0.5, 0.6) is 11.5 Å². The highest BCUT2D eigenvalue weighted by molar-refractivity contribution is 6.39. The summed E-state index contributed by atoms with van der Waals surface area (Å²) >= 11 is 0. The summed E-state index contributed by atoms with van der Waals surface area (Å²) < 4.78 is 10.4. The van der Waals surface area contributed by atoms with Crippen LogP contribution in [0.3, 0.4) is 0 Å². The monoisotopic (exact) mass is 288 g/mol. The van der Waals surface area contributed by atoms with Crippen molar-refractivity contribution in [3.05, 3.63) is 23.8 Å². The Morgan fingerprint density at radius 1 is 1.33 bits per heavy atom. The molecule has 0 saturated heterocycles. The zero-order valence-corrected chi connectivity index (χ0v) is 11.0. The summed E-state index contributed by atoms with van der Waals surface area (Å²) in [5, 5.41) is 7.52. The van der Waals surface area contributed by atoms with Crippen molar-refractivity contribution in [3.8, 4) is 11.5 Å². The van der Waals surface area contributed by atoms with Gasteiger partial charge in [-0.3, -0.25) is 9.59 Å². The van der Waals surface area contributed by atoms with Crippen molar-refractivity contribution >= 4 is 23.7 Å². The second kappa shape index (κ2) is 5.61. The Morgan fingerprint density at radius 3 is 3.00 bits per heavy atom. The molecule has 2 amide bonds. The molecule has 0 atom stereocenters. The summed E-state index contributed by atoms with van der Waals surface area (Å²) in [6.45, 7) is 0.207. The summed E-state index contributed by atoms with van der Waals surface area (Å²) in [6.07, 6.45) is 2.04. The summed E-state index contributed by atoms with van der Waals surface area (Å²) in [7, 11) is 0. The number of fused-ring (bicyclic) bond motifs is 1. The van der Waals surface area contributed by atoms with E-state index in [1.807, 2.05) is 0 Å². The van der Waals surface area contributed by atoms with Crippen LogP contribution in [0.25, 0.3) is 0 Å². The van der Waals surface area contributed by atoms with Crippen LogP contribution in [0.2, 0.25) is 0 Å². The van der Waals surface area contributed by atoms with Crippen LogP contribution >= 0.6 is 0 Å². The van der Waals surface area contributed by atoms with E-state index in [0.717, 1.165) is 5.56 Å². The molecule has 0 bridgehead atoms. The first-order valence-electron chi connectivity index (χ1n) is 6.31. The molecule has 0 aliphatic carbocycles. The molecule has 8 heteroatoms. The Kier molecular flexibility index (Phi) is 3.50. The Bertz CT molecular complexity index is 654. The predicted molar refractivity (Wildman–Crippen MR) is 73.1 cm³/mol. The SMILES string of the molecule is O=C1CCC(C(=O)NN=Cc2ccc3c(c2)OCO3)=NN1. The van der Waals surface area contributed by atoms with E-state index in [9.17, 15) is 9.59 Å². The van der Waals surface area contributed by atoms with Gasteiger partial charge in [0.1, 0.15) is 5.71 Å². The van der Waals surface area contributed by atoms with Gasteiger partial charge in [0.05, 0.1) is 6.21 Å². The first kappa shape index (κ1) is 13.1. The molecule has 21 heavy (non-hydrogen) atoms. The quantitative estimate of drug-likeness (QED) is 0.609. The van der Waals surface area contributed by atoms with Gasteiger partial charge in [-0.2, -0.15) is 10.2 Å². The van der Waals surface area contributed by atoms with E-state index in [1.165, 1.54) is 6.21 Å². The number of amides is 2. The van der Waals surface area contributed by atoms with Crippen molar-refractivity contribution in [2.75, 3.05) is 6.79 Å². The summed E-state index contributed by atoms with van der Waals surface area (Å²) in [5.41, 5.74) is 5.63. The maximum atomic E-state index is 11.7. The lowest BCUT2D eigenvalue weighted by molar-refractivity contribution is -0.121. The van der Waals surface area contributed by atoms with Crippen LogP contribution in [0, 0.1) is 0 Å². The maximum absolute atomic E-state index is 11.7. The third-order valence-corrected chi connectivity index (χ3v) is 2.94. The molecule has 1 aromatic carbocycles. The lowest BCUT2D eigenvalue weighted by atomic mass is 10.2. The van der Waals surface area contributed by atoms with Gasteiger partial charge in [-0.15, -0.1) is 0 Å². The standard InChI is InChI=1S/C13H12N4O4/c18-12-4-2-9(15-16-12)13(19)17-14-6-8-1-3-10-11(5-8)21-7-20-10/h1,3,5-6H,2,4,7H2,(H,16,18)(H,17,19). The van der Waals surface area contributed by atoms with E-state index < -0.39 is 5.91 Å². The molecular weight excluding hydrogens is 276 g/mol. The van der Waals surface area contributed by atoms with Crippen molar-refractivity contribution < 1.29 is 19.1 Å². The Labute approximate surface area is 119 Å². The van der Waals surface area contributed by atoms with Crippen molar-refractivity contribution in [2.45, 2.75) is 12.8 Å². The molecule has 0 spiro atoms. The summed E-state index contributed by atoms with van der Waals surface area (Å²) in [6, 6.07) is 5.32. The topological polar surface area (TPSA) is 101 Å². The van der Waals surface area contributed by atoms with Crippen molar-refractivity contribution in [1.29, 1.82) is 0 Å². The molecule has 2 heterocycles. The van der Waals surface area contributed by atoms with Crippen LogP contribution in [-0.4, -0.2) is 30.5 Å². The average molecular weight is 288 g/mol. The lowest BCUT2D eigenvalue weighted by Crippen LogP contribution is -2.34. The highest BCUT2D eigenvalue weighted by Crippen LogP contribution is 2.31. The fourth-order valence-electron chi connectivity index (χ4n) is 1.86. The molecule has 2 aliphatic rings. The van der Waals surface area contributed by atoms with E-state index in [4.69, 9.17) is 9.47 Å². The third-order valence-electron chi connectivity index (χ3n) is 2.94. The average Bonchev–Trinajstić information content (AvgIpc) is 2.95. The first-order chi connectivity index (χ1) is 10.2. The number of carbonyl (C=O) groups is 2. The van der Waals surface area contributed by atoms with Gasteiger partial charge < -0.3 is 9.47 Å². The largest absolute Gasteiger partial charge is 0.454 e. The first-order valence-corrected chi connectivity index (χ1v) is 6.31. The van der Waals surface area contributed by atoms with Gasteiger partial charge in [0, 0.05) is 12.8 Å². The second-order valence-electron chi connectivity index (χ2n) is 4.41. The number of rotatable bonds is 3. The molecule has 0 saturated carbocycles. The van der Waals surface area contributed by atoms with Crippen molar-refractivity contribution in [1.82, 2.24) is 10.9 Å². The van der Waals surface area contributed by atoms with E-state index in [0.29, 0.717) is 17.9 Å². The molecule has 0 unspecified atom stereocenters. The van der Waals surface area contributed by atoms with Crippen molar-refractivity contribution in [2.24, 2.45) is 10.2 Å². The lowest BCUT2D eigenvalue weighted by Gasteiger charge is -2.09. The van der Waals surface area contributed by atoms with E-state index in [-0.39, 0.29) is 24.8 Å². The molecule has 0 radical (unpaired) electrons. The Morgan fingerprint density at radius 2 is 2.19 bits per heavy atom. The highest BCUT2D eigenvalue weighted by Gasteiger charge is 2.17. The number of carbonyl (C=O) groups excluding carboxylic acids is 2. The maximum Gasteiger partial charge on any atom is 0.287 e. The number of ether oxygens (including phenoxy) is 2. The number of nitrogens with zero attached hydrogens (tertiary/aromatic N) is 2. The van der Waals surface area contributed by atoms with Gasteiger partial charge in [-0.05, 0) is 23.8 Å². The normalized spacial score (nSPS) is 16.6. The van der Waals surface area contributed by atoms with Crippen molar-refractivity contribution in [3.63, 3.8) is 0 Å². The van der Waals surface area contributed by atoms with E-state index in [2.05, 4.69) is 21.1 Å². The summed E-state index contributed by atoms with van der Waals surface area (Å²) in [5.74, 6) is 0.690. The molecule has 108 valence electrons. The zero-order valence-electron chi connectivity index (χ0n) is 11.0. The fourth-order valence-corrected chi connectivity index (χ4v) is 1.86. The highest BCUT2D eigenvalue weighted by atomic mass is 16.7. The molecule has 3 rings (SSSR count). The fraction of sp³-hybridized carbons (Fsp3) is 0.231. The third kappa shape index (κ3) is 2.99. The molecule has 8 nitrogen and oxygen atoms in total. The van der Waals surface area contributed by atoms with Crippen LogP contribution in [0.4, 0.5) is 0 Å². The van der Waals surface area contributed by atoms with Gasteiger partial charge in [0.25, 0.3) is 5.91 Å². The van der Waals surface area contributed by atoms with Gasteiger partial charge >= 0.3 is 0 Å². The molecular formula is C13H12N4O4. The molecule has 0 aromatic heterocycles. The van der Waals surface area contributed by atoms with Gasteiger partial charge in [-0.25, -0.2) is 10.9 Å². The van der Waals surface area contributed by atoms with Crippen LogP contribution in [0.1, 0.15) is 18.4 Å². The molecule has 0 fully saturated rings. The number of nitrogens with one attached hydrogen (secondary N) is 2. The predicted octanol–water partition coefficient (Wildman–Crippen LogP) is 0.131. The van der Waals surface area contributed by atoms with Gasteiger partial charge in [0.2, 0.25) is 12.7 Å². The number of hydrogen-bond donors (Lipinski definition) is 2. The zero-order chi connectivity index (χ0) is 14.7. The Hall–Kier alpha value is -2.90. The summed E-state index contributed by atoms with van der Waals surface area (Å²) in [4.78, 5) is 22.7.